The Kier molecular flexibility index (Phi) is 5.87. The Bertz CT molecular complexity index is 411. The molecule has 1 amide bonds. The van der Waals surface area contributed by atoms with Gasteiger partial charge in [-0.15, -0.1) is 0 Å². The average molecular weight is 276 g/mol. The number of nitrogens with one attached hydrogen (secondary N) is 1. The van der Waals surface area contributed by atoms with Gasteiger partial charge in [0, 0.05) is 26.2 Å². The fourth-order valence-corrected chi connectivity index (χ4v) is 2.37. The Morgan fingerprint density at radius 3 is 2.60 bits per heavy atom. The van der Waals surface area contributed by atoms with Crippen molar-refractivity contribution in [2.75, 3.05) is 32.8 Å². The van der Waals surface area contributed by atoms with Crippen LogP contribution in [0.5, 0.6) is 5.75 Å². The zero-order valence-corrected chi connectivity index (χ0v) is 12.2. The number of hydrogen-bond donors (Lipinski definition) is 1. The molecule has 0 unspecified atom stereocenters. The van der Waals surface area contributed by atoms with Gasteiger partial charge in [0.05, 0.1) is 13.0 Å². The predicted octanol–water partition coefficient (Wildman–Crippen LogP) is 1.84. The largest absolute Gasteiger partial charge is 0.493 e. The van der Waals surface area contributed by atoms with E-state index in [9.17, 15) is 4.79 Å². The number of ether oxygens (including phenoxy) is 1. The molecule has 1 aliphatic heterocycles. The summed E-state index contributed by atoms with van der Waals surface area (Å²) in [6.07, 6.45) is 2.71. The minimum atomic E-state index is 0.189. The van der Waals surface area contributed by atoms with Gasteiger partial charge in [-0.05, 0) is 24.1 Å². The molecule has 4 heteroatoms. The molecule has 4 nitrogen and oxygen atoms in total. The summed E-state index contributed by atoms with van der Waals surface area (Å²) < 4.78 is 5.64. The number of nitrogens with zero attached hydrogens (tertiary/aromatic N) is 1. The van der Waals surface area contributed by atoms with E-state index in [2.05, 4.69) is 24.4 Å². The molecule has 0 radical (unpaired) electrons. The number of rotatable bonds is 6. The van der Waals surface area contributed by atoms with Crippen LogP contribution in [0.3, 0.4) is 0 Å². The molecule has 1 aromatic carbocycles. The predicted molar refractivity (Wildman–Crippen MR) is 80.0 cm³/mol. The van der Waals surface area contributed by atoms with Crippen molar-refractivity contribution in [3.05, 3.63) is 29.8 Å². The summed E-state index contributed by atoms with van der Waals surface area (Å²) in [5.41, 5.74) is 1.33. The molecule has 0 bridgehead atoms. The minimum absolute atomic E-state index is 0.189. The van der Waals surface area contributed by atoms with Gasteiger partial charge in [0.1, 0.15) is 5.75 Å². The van der Waals surface area contributed by atoms with E-state index in [4.69, 9.17) is 4.74 Å². The molecule has 0 atom stereocenters. The van der Waals surface area contributed by atoms with E-state index in [1.807, 2.05) is 17.0 Å². The molecule has 0 aromatic heterocycles. The Morgan fingerprint density at radius 1 is 1.25 bits per heavy atom. The summed E-state index contributed by atoms with van der Waals surface area (Å²) in [6.45, 7) is 6.04. The van der Waals surface area contributed by atoms with E-state index in [1.54, 1.807) is 0 Å². The number of aryl methyl sites for hydroxylation is 1. The molecule has 2 rings (SSSR count). The lowest BCUT2D eigenvalue weighted by Crippen LogP contribution is -2.46. The van der Waals surface area contributed by atoms with Gasteiger partial charge in [-0.3, -0.25) is 4.79 Å². The zero-order chi connectivity index (χ0) is 14.2. The van der Waals surface area contributed by atoms with Crippen molar-refractivity contribution in [2.24, 2.45) is 0 Å². The minimum Gasteiger partial charge on any atom is -0.493 e. The van der Waals surface area contributed by atoms with Crippen LogP contribution in [-0.2, 0) is 11.2 Å². The van der Waals surface area contributed by atoms with E-state index in [1.165, 1.54) is 5.56 Å². The van der Waals surface area contributed by atoms with Gasteiger partial charge in [-0.25, -0.2) is 0 Å². The van der Waals surface area contributed by atoms with Gasteiger partial charge in [-0.1, -0.05) is 25.5 Å². The first-order chi connectivity index (χ1) is 9.79. The Morgan fingerprint density at radius 2 is 1.95 bits per heavy atom. The summed E-state index contributed by atoms with van der Waals surface area (Å²) in [6, 6.07) is 8.16. The van der Waals surface area contributed by atoms with Crippen LogP contribution in [0.1, 0.15) is 25.3 Å². The maximum absolute atomic E-state index is 11.9. The third-order valence-corrected chi connectivity index (χ3v) is 3.52. The second-order valence-corrected chi connectivity index (χ2v) is 5.12. The molecule has 1 aliphatic rings. The molecule has 110 valence electrons. The van der Waals surface area contributed by atoms with E-state index in [0.717, 1.165) is 44.8 Å². The smallest absolute Gasteiger partial charge is 0.226 e. The number of piperazine rings is 1. The lowest BCUT2D eigenvalue weighted by atomic mass is 10.1. The molecule has 1 fully saturated rings. The zero-order valence-electron chi connectivity index (χ0n) is 12.2. The number of carbonyl (C=O) groups excluding carboxylic acids is 1. The number of amides is 1. The molecule has 0 spiro atoms. The van der Waals surface area contributed by atoms with Crippen molar-refractivity contribution in [2.45, 2.75) is 26.2 Å². The fraction of sp³-hybridized carbons (Fsp3) is 0.562. The first kappa shape index (κ1) is 14.9. The van der Waals surface area contributed by atoms with Gasteiger partial charge >= 0.3 is 0 Å². The summed E-state index contributed by atoms with van der Waals surface area (Å²) in [7, 11) is 0. The van der Waals surface area contributed by atoms with Gasteiger partial charge < -0.3 is 15.0 Å². The van der Waals surface area contributed by atoms with Crippen LogP contribution in [-0.4, -0.2) is 43.6 Å². The van der Waals surface area contributed by atoms with Gasteiger partial charge in [0.2, 0.25) is 5.91 Å². The van der Waals surface area contributed by atoms with E-state index in [-0.39, 0.29) is 5.91 Å². The van der Waals surface area contributed by atoms with Gasteiger partial charge in [0.15, 0.2) is 0 Å². The monoisotopic (exact) mass is 276 g/mol. The first-order valence-electron chi connectivity index (χ1n) is 7.50. The van der Waals surface area contributed by atoms with Crippen LogP contribution >= 0.6 is 0 Å². The topological polar surface area (TPSA) is 41.6 Å². The van der Waals surface area contributed by atoms with Crippen LogP contribution in [0.4, 0.5) is 0 Å². The highest BCUT2D eigenvalue weighted by atomic mass is 16.5. The molecule has 1 aromatic rings. The Hall–Kier alpha value is -1.55. The van der Waals surface area contributed by atoms with Crippen LogP contribution in [0, 0.1) is 0 Å². The fourth-order valence-electron chi connectivity index (χ4n) is 2.37. The maximum atomic E-state index is 11.9. The highest BCUT2D eigenvalue weighted by Crippen LogP contribution is 2.13. The van der Waals surface area contributed by atoms with Crippen molar-refractivity contribution in [3.8, 4) is 5.75 Å². The molecular weight excluding hydrogens is 252 g/mol. The van der Waals surface area contributed by atoms with Crippen LogP contribution in [0.15, 0.2) is 24.3 Å². The average Bonchev–Trinajstić information content (AvgIpc) is 2.50. The molecule has 0 aliphatic carbocycles. The summed E-state index contributed by atoms with van der Waals surface area (Å²) in [5, 5.41) is 3.24. The number of benzene rings is 1. The first-order valence-corrected chi connectivity index (χ1v) is 7.50. The van der Waals surface area contributed by atoms with E-state index >= 15 is 0 Å². The quantitative estimate of drug-likeness (QED) is 0.862. The second kappa shape index (κ2) is 7.90. The summed E-state index contributed by atoms with van der Waals surface area (Å²) >= 11 is 0. The normalized spacial score (nSPS) is 15.2. The Balaban J connectivity index is 1.70. The van der Waals surface area contributed by atoms with E-state index in [0.29, 0.717) is 13.0 Å². The van der Waals surface area contributed by atoms with Crippen LogP contribution in [0.25, 0.3) is 0 Å². The van der Waals surface area contributed by atoms with Crippen molar-refractivity contribution >= 4 is 5.91 Å². The summed E-state index contributed by atoms with van der Waals surface area (Å²) in [4.78, 5) is 13.9. The number of carbonyl (C=O) groups is 1. The molecule has 1 N–H and O–H groups in total. The molecule has 0 saturated carbocycles. The lowest BCUT2D eigenvalue weighted by Gasteiger charge is -2.27. The van der Waals surface area contributed by atoms with Crippen molar-refractivity contribution in [3.63, 3.8) is 0 Å². The molecular formula is C16H24N2O2. The SMILES string of the molecule is CCCc1ccc(OCCC(=O)N2CCNCC2)cc1. The third-order valence-electron chi connectivity index (χ3n) is 3.52. The molecule has 20 heavy (non-hydrogen) atoms. The Labute approximate surface area is 121 Å². The summed E-state index contributed by atoms with van der Waals surface area (Å²) in [5.74, 6) is 1.03. The maximum Gasteiger partial charge on any atom is 0.226 e. The van der Waals surface area contributed by atoms with Crippen LogP contribution in [0.2, 0.25) is 0 Å². The molecule has 1 saturated heterocycles. The molecule has 1 heterocycles. The highest BCUT2D eigenvalue weighted by Gasteiger charge is 2.15. The van der Waals surface area contributed by atoms with Crippen molar-refractivity contribution in [1.82, 2.24) is 10.2 Å². The van der Waals surface area contributed by atoms with Crippen molar-refractivity contribution in [1.29, 1.82) is 0 Å². The van der Waals surface area contributed by atoms with Crippen LogP contribution < -0.4 is 10.1 Å². The highest BCUT2D eigenvalue weighted by molar-refractivity contribution is 5.76. The lowest BCUT2D eigenvalue weighted by molar-refractivity contribution is -0.132. The number of hydrogen-bond acceptors (Lipinski definition) is 3. The van der Waals surface area contributed by atoms with E-state index < -0.39 is 0 Å². The van der Waals surface area contributed by atoms with Gasteiger partial charge in [-0.2, -0.15) is 0 Å². The standard InChI is InChI=1S/C16H24N2O2/c1-2-3-14-4-6-15(7-5-14)20-13-8-16(19)18-11-9-17-10-12-18/h4-7,17H,2-3,8-13H2,1H3. The van der Waals surface area contributed by atoms with Crippen molar-refractivity contribution < 1.29 is 9.53 Å². The van der Waals surface area contributed by atoms with Gasteiger partial charge in [0.25, 0.3) is 0 Å². The second-order valence-electron chi connectivity index (χ2n) is 5.12. The third kappa shape index (κ3) is 4.53.